The molecule has 1 aliphatic rings. The van der Waals surface area contributed by atoms with Crippen molar-refractivity contribution in [1.29, 1.82) is 0 Å². The van der Waals surface area contributed by atoms with Crippen LogP contribution in [-0.2, 0) is 10.0 Å². The largest absolute Gasteiger partial charge is 0.383 e. The topological polar surface area (TPSA) is 109 Å². The Morgan fingerprint density at radius 3 is 2.45 bits per heavy atom. The van der Waals surface area contributed by atoms with Crippen LogP contribution in [0.4, 0.5) is 11.5 Å². The zero-order chi connectivity index (χ0) is 23.6. The average molecular weight is 486 g/mol. The Kier molecular flexibility index (Phi) is 6.55. The van der Waals surface area contributed by atoms with Crippen molar-refractivity contribution in [3.8, 4) is 11.1 Å². The summed E-state index contributed by atoms with van der Waals surface area (Å²) in [7, 11) is -2.55. The molecule has 1 aliphatic heterocycles. The molecule has 1 amide bonds. The number of carbonyl (C=O) groups excluding carboxylic acids is 1. The first kappa shape index (κ1) is 23.0. The van der Waals surface area contributed by atoms with E-state index in [4.69, 9.17) is 17.3 Å². The molecule has 3 N–H and O–H groups in total. The Hall–Kier alpha value is -3.14. The summed E-state index contributed by atoms with van der Waals surface area (Å²) in [6, 6.07) is 15.1. The fraction of sp³-hybridized carbons (Fsp3) is 0.217. The Balaban J connectivity index is 1.62. The van der Waals surface area contributed by atoms with Crippen LogP contribution in [0.1, 0.15) is 10.4 Å². The van der Waals surface area contributed by atoms with Gasteiger partial charge in [-0.15, -0.1) is 0 Å². The van der Waals surface area contributed by atoms with Gasteiger partial charge in [0.25, 0.3) is 15.9 Å². The maximum Gasteiger partial charge on any atom is 0.267 e. The fourth-order valence-electron chi connectivity index (χ4n) is 3.63. The number of nitrogens with one attached hydrogen (secondary N) is 1. The number of aromatic nitrogens is 1. The van der Waals surface area contributed by atoms with Gasteiger partial charge in [-0.2, -0.15) is 0 Å². The second kappa shape index (κ2) is 9.38. The normalized spacial score (nSPS) is 14.2. The quantitative estimate of drug-likeness (QED) is 0.575. The number of anilines is 2. The summed E-state index contributed by atoms with van der Waals surface area (Å²) in [6.07, 6.45) is 1.51. The van der Waals surface area contributed by atoms with E-state index in [2.05, 4.69) is 10.3 Å². The molecule has 10 heteroatoms. The van der Waals surface area contributed by atoms with E-state index in [0.29, 0.717) is 34.9 Å². The van der Waals surface area contributed by atoms with Gasteiger partial charge in [-0.3, -0.25) is 9.10 Å². The van der Waals surface area contributed by atoms with E-state index < -0.39 is 10.0 Å². The highest BCUT2D eigenvalue weighted by Crippen LogP contribution is 2.30. The highest BCUT2D eigenvalue weighted by atomic mass is 35.5. The van der Waals surface area contributed by atoms with Crippen LogP contribution in [0.25, 0.3) is 11.1 Å². The van der Waals surface area contributed by atoms with E-state index in [1.165, 1.54) is 19.3 Å². The lowest BCUT2D eigenvalue weighted by Crippen LogP contribution is -2.46. The van der Waals surface area contributed by atoms with E-state index >= 15 is 0 Å². The van der Waals surface area contributed by atoms with Crippen molar-refractivity contribution in [3.05, 3.63) is 71.4 Å². The van der Waals surface area contributed by atoms with Crippen LogP contribution in [0.2, 0.25) is 5.02 Å². The Labute approximate surface area is 198 Å². The van der Waals surface area contributed by atoms with Crippen molar-refractivity contribution in [2.45, 2.75) is 4.90 Å². The van der Waals surface area contributed by atoms with E-state index in [-0.39, 0.29) is 16.6 Å². The van der Waals surface area contributed by atoms with E-state index in [1.807, 2.05) is 4.90 Å². The monoisotopic (exact) mass is 485 g/mol. The number of nitrogens with zero attached hydrogens (tertiary/aromatic N) is 3. The molecule has 172 valence electrons. The van der Waals surface area contributed by atoms with Crippen molar-refractivity contribution in [1.82, 2.24) is 15.2 Å². The standard InChI is InChI=1S/C23H24ClN5O3S/c1-28(20-4-2-3-19(24)14-20)33(31,32)21-13-18(15-27-22(21)25)16-5-7-17(8-6-16)23(30)29-11-9-26-10-12-29/h2-8,13-15,26H,9-12H2,1H3,(H2,25,27). The van der Waals surface area contributed by atoms with Gasteiger partial charge in [0.2, 0.25) is 0 Å². The first-order valence-electron chi connectivity index (χ1n) is 10.4. The molecule has 1 saturated heterocycles. The first-order valence-corrected chi connectivity index (χ1v) is 12.2. The minimum absolute atomic E-state index is 0.0232. The molecule has 3 aromatic rings. The second-order valence-corrected chi connectivity index (χ2v) is 10.1. The molecule has 0 saturated carbocycles. The molecule has 1 fully saturated rings. The highest BCUT2D eigenvalue weighted by molar-refractivity contribution is 7.93. The van der Waals surface area contributed by atoms with Gasteiger partial charge in [-0.05, 0) is 42.0 Å². The van der Waals surface area contributed by atoms with Crippen molar-refractivity contribution < 1.29 is 13.2 Å². The third-order valence-electron chi connectivity index (χ3n) is 5.56. The van der Waals surface area contributed by atoms with Crippen LogP contribution >= 0.6 is 11.6 Å². The third-order valence-corrected chi connectivity index (χ3v) is 7.61. The molecular formula is C23H24ClN5O3S. The maximum absolute atomic E-state index is 13.3. The van der Waals surface area contributed by atoms with Crippen molar-refractivity contribution in [3.63, 3.8) is 0 Å². The van der Waals surface area contributed by atoms with Crippen LogP contribution in [0, 0.1) is 0 Å². The summed E-state index contributed by atoms with van der Waals surface area (Å²) in [5, 5.41) is 3.65. The first-order chi connectivity index (χ1) is 15.8. The zero-order valence-corrected chi connectivity index (χ0v) is 19.6. The van der Waals surface area contributed by atoms with Crippen LogP contribution in [0.3, 0.4) is 0 Å². The van der Waals surface area contributed by atoms with Gasteiger partial charge >= 0.3 is 0 Å². The van der Waals surface area contributed by atoms with Crippen molar-refractivity contribution >= 4 is 39.0 Å². The minimum atomic E-state index is -3.99. The molecule has 0 bridgehead atoms. The molecule has 2 aromatic carbocycles. The summed E-state index contributed by atoms with van der Waals surface area (Å²) in [5.74, 6) is -0.122. The van der Waals surface area contributed by atoms with Crippen molar-refractivity contribution in [2.24, 2.45) is 0 Å². The number of nitrogen functional groups attached to an aromatic ring is 1. The number of carbonyl (C=O) groups is 1. The molecule has 0 atom stereocenters. The van der Waals surface area contributed by atoms with Gasteiger partial charge in [0.05, 0.1) is 5.69 Å². The number of sulfonamides is 1. The minimum Gasteiger partial charge on any atom is -0.383 e. The molecular weight excluding hydrogens is 462 g/mol. The summed E-state index contributed by atoms with van der Waals surface area (Å²) in [6.45, 7) is 2.90. The molecule has 8 nitrogen and oxygen atoms in total. The number of hydrogen-bond donors (Lipinski definition) is 2. The number of hydrogen-bond acceptors (Lipinski definition) is 6. The number of pyridine rings is 1. The van der Waals surface area contributed by atoms with Gasteiger partial charge in [-0.25, -0.2) is 13.4 Å². The maximum atomic E-state index is 13.3. The third kappa shape index (κ3) is 4.80. The Morgan fingerprint density at radius 1 is 1.09 bits per heavy atom. The summed E-state index contributed by atoms with van der Waals surface area (Å²) >= 11 is 6.02. The van der Waals surface area contributed by atoms with Crippen LogP contribution in [0.15, 0.2) is 65.7 Å². The van der Waals surface area contributed by atoms with Gasteiger partial charge < -0.3 is 16.0 Å². The van der Waals surface area contributed by atoms with Crippen LogP contribution in [0.5, 0.6) is 0 Å². The predicted octanol–water partition coefficient (Wildman–Crippen LogP) is 2.85. The van der Waals surface area contributed by atoms with Gasteiger partial charge in [0.15, 0.2) is 0 Å². The van der Waals surface area contributed by atoms with Gasteiger partial charge in [0, 0.05) is 55.6 Å². The van der Waals surface area contributed by atoms with Crippen LogP contribution in [-0.4, -0.2) is 57.4 Å². The number of piperazine rings is 1. The predicted molar refractivity (Wildman–Crippen MR) is 130 cm³/mol. The Morgan fingerprint density at radius 2 is 1.79 bits per heavy atom. The lowest BCUT2D eigenvalue weighted by molar-refractivity contribution is 0.0736. The summed E-state index contributed by atoms with van der Waals surface area (Å²) in [4.78, 5) is 18.5. The SMILES string of the molecule is CN(c1cccc(Cl)c1)S(=O)(=O)c1cc(-c2ccc(C(=O)N3CCNCC3)cc2)cnc1N. The number of halogens is 1. The molecule has 2 heterocycles. The number of benzene rings is 2. The Bertz CT molecular complexity index is 1280. The zero-order valence-electron chi connectivity index (χ0n) is 18.0. The molecule has 0 unspecified atom stereocenters. The summed E-state index contributed by atoms with van der Waals surface area (Å²) < 4.78 is 27.7. The number of amides is 1. The highest BCUT2D eigenvalue weighted by Gasteiger charge is 2.26. The molecule has 0 radical (unpaired) electrons. The lowest BCUT2D eigenvalue weighted by Gasteiger charge is -2.27. The lowest BCUT2D eigenvalue weighted by atomic mass is 10.0. The average Bonchev–Trinajstić information content (AvgIpc) is 2.84. The molecule has 0 aliphatic carbocycles. The number of nitrogens with two attached hydrogens (primary N) is 1. The molecule has 0 spiro atoms. The molecule has 1 aromatic heterocycles. The van der Waals surface area contributed by atoms with E-state index in [9.17, 15) is 13.2 Å². The van der Waals surface area contributed by atoms with Crippen LogP contribution < -0.4 is 15.4 Å². The number of rotatable bonds is 5. The van der Waals surface area contributed by atoms with E-state index in [1.54, 1.807) is 48.5 Å². The molecule has 33 heavy (non-hydrogen) atoms. The van der Waals surface area contributed by atoms with Gasteiger partial charge in [0.1, 0.15) is 10.7 Å². The van der Waals surface area contributed by atoms with E-state index in [0.717, 1.165) is 23.0 Å². The smallest absolute Gasteiger partial charge is 0.267 e. The van der Waals surface area contributed by atoms with Gasteiger partial charge in [-0.1, -0.05) is 29.8 Å². The second-order valence-electron chi connectivity index (χ2n) is 7.68. The summed E-state index contributed by atoms with van der Waals surface area (Å²) in [5.41, 5.74) is 8.23. The molecule has 4 rings (SSSR count). The fourth-order valence-corrected chi connectivity index (χ4v) is 5.10. The van der Waals surface area contributed by atoms with Crippen molar-refractivity contribution in [2.75, 3.05) is 43.3 Å².